The van der Waals surface area contributed by atoms with Gasteiger partial charge < -0.3 is 14.9 Å². The van der Waals surface area contributed by atoms with Crippen molar-refractivity contribution in [3.63, 3.8) is 0 Å². The molecule has 2 heterocycles. The molecule has 3 N–H and O–H groups in total. The van der Waals surface area contributed by atoms with Gasteiger partial charge in [0.25, 0.3) is 0 Å². The normalized spacial score (nSPS) is 20.6. The molecule has 0 aromatic carbocycles. The predicted octanol–water partition coefficient (Wildman–Crippen LogP) is -0.835. The molecule has 1 aliphatic heterocycles. The van der Waals surface area contributed by atoms with Gasteiger partial charge in [0, 0.05) is 13.2 Å². The number of rotatable bonds is 7. The third-order valence-electron chi connectivity index (χ3n) is 3.00. The number of aromatic nitrogens is 3. The lowest BCUT2D eigenvalue weighted by molar-refractivity contribution is -0.139. The number of carbonyl (C=O) groups is 1. The van der Waals surface area contributed by atoms with Gasteiger partial charge in [-0.05, 0) is 12.8 Å². The fourth-order valence-electron chi connectivity index (χ4n) is 2.03. The first-order valence-electron chi connectivity index (χ1n) is 6.29. The largest absolute Gasteiger partial charge is 0.480 e. The van der Waals surface area contributed by atoms with E-state index in [0.29, 0.717) is 18.8 Å². The molecule has 2 atom stereocenters. The average molecular weight is 270 g/mol. The van der Waals surface area contributed by atoms with Crippen LogP contribution in [0.25, 0.3) is 0 Å². The van der Waals surface area contributed by atoms with Crippen molar-refractivity contribution < 1.29 is 19.7 Å². The number of nitrogens with one attached hydrogen (secondary N) is 1. The Bertz CT molecular complexity index is 417. The molecule has 106 valence electrons. The van der Waals surface area contributed by atoms with E-state index >= 15 is 0 Å². The van der Waals surface area contributed by atoms with E-state index in [1.54, 1.807) is 0 Å². The molecule has 19 heavy (non-hydrogen) atoms. The van der Waals surface area contributed by atoms with E-state index < -0.39 is 12.0 Å². The molecular weight excluding hydrogens is 252 g/mol. The van der Waals surface area contributed by atoms with Gasteiger partial charge >= 0.3 is 5.97 Å². The molecule has 1 saturated heterocycles. The van der Waals surface area contributed by atoms with Crippen LogP contribution in [0.15, 0.2) is 6.20 Å². The summed E-state index contributed by atoms with van der Waals surface area (Å²) in [5, 5.41) is 28.5. The van der Waals surface area contributed by atoms with Crippen molar-refractivity contribution in [3.8, 4) is 0 Å². The van der Waals surface area contributed by atoms with Gasteiger partial charge in [0.05, 0.1) is 25.5 Å². The first-order chi connectivity index (χ1) is 9.20. The summed E-state index contributed by atoms with van der Waals surface area (Å²) in [6.07, 6.45) is 3.54. The molecule has 2 rings (SSSR count). The Labute approximate surface area is 110 Å². The molecule has 0 spiro atoms. The molecule has 1 aromatic rings. The lowest BCUT2D eigenvalue weighted by Crippen LogP contribution is -2.34. The molecule has 1 fully saturated rings. The van der Waals surface area contributed by atoms with Crippen LogP contribution in [0.2, 0.25) is 0 Å². The SMILES string of the molecule is O=C(O)C(NCC1CCCO1)c1cn(CCO)nn1. The van der Waals surface area contributed by atoms with Crippen LogP contribution in [0.4, 0.5) is 0 Å². The summed E-state index contributed by atoms with van der Waals surface area (Å²) >= 11 is 0. The van der Waals surface area contributed by atoms with Crippen LogP contribution in [0, 0.1) is 0 Å². The topological polar surface area (TPSA) is 110 Å². The predicted molar refractivity (Wildman–Crippen MR) is 64.5 cm³/mol. The van der Waals surface area contributed by atoms with Gasteiger partial charge in [0.1, 0.15) is 5.69 Å². The number of carboxylic acid groups (broad SMARTS) is 1. The monoisotopic (exact) mass is 270 g/mol. The number of aliphatic hydroxyl groups is 1. The third-order valence-corrected chi connectivity index (χ3v) is 3.00. The molecule has 0 saturated carbocycles. The van der Waals surface area contributed by atoms with Crippen LogP contribution in [0.5, 0.6) is 0 Å². The molecule has 1 aliphatic rings. The third kappa shape index (κ3) is 3.72. The molecule has 8 heteroatoms. The Balaban J connectivity index is 1.95. The number of aliphatic carboxylic acids is 1. The van der Waals surface area contributed by atoms with Gasteiger partial charge in [0.15, 0.2) is 6.04 Å². The zero-order chi connectivity index (χ0) is 13.7. The number of carboxylic acids is 1. The number of nitrogens with zero attached hydrogens (tertiary/aromatic N) is 3. The summed E-state index contributed by atoms with van der Waals surface area (Å²) in [5.41, 5.74) is 0.332. The summed E-state index contributed by atoms with van der Waals surface area (Å²) < 4.78 is 6.85. The van der Waals surface area contributed by atoms with Gasteiger partial charge in [-0.1, -0.05) is 5.21 Å². The fraction of sp³-hybridized carbons (Fsp3) is 0.727. The lowest BCUT2D eigenvalue weighted by atomic mass is 10.2. The molecule has 0 aliphatic carbocycles. The Morgan fingerprint density at radius 2 is 2.53 bits per heavy atom. The van der Waals surface area contributed by atoms with Crippen LogP contribution in [0.1, 0.15) is 24.6 Å². The highest BCUT2D eigenvalue weighted by atomic mass is 16.5. The zero-order valence-electron chi connectivity index (χ0n) is 10.5. The molecule has 0 radical (unpaired) electrons. The van der Waals surface area contributed by atoms with Gasteiger partial charge in [0.2, 0.25) is 0 Å². The molecule has 1 aromatic heterocycles. The Morgan fingerprint density at radius 3 is 3.16 bits per heavy atom. The molecule has 0 bridgehead atoms. The molecule has 8 nitrogen and oxygen atoms in total. The van der Waals surface area contributed by atoms with Crippen molar-refractivity contribution in [2.45, 2.75) is 31.5 Å². The van der Waals surface area contributed by atoms with Crippen LogP contribution >= 0.6 is 0 Å². The van der Waals surface area contributed by atoms with Crippen LogP contribution < -0.4 is 5.32 Å². The highest BCUT2D eigenvalue weighted by Crippen LogP contribution is 2.14. The maximum absolute atomic E-state index is 11.2. The van der Waals surface area contributed by atoms with Gasteiger partial charge in [-0.3, -0.25) is 10.1 Å². The van der Waals surface area contributed by atoms with E-state index in [-0.39, 0.29) is 12.7 Å². The van der Waals surface area contributed by atoms with Gasteiger partial charge in [-0.25, -0.2) is 4.68 Å². The van der Waals surface area contributed by atoms with Crippen molar-refractivity contribution in [3.05, 3.63) is 11.9 Å². The van der Waals surface area contributed by atoms with Crippen LogP contribution in [0.3, 0.4) is 0 Å². The van der Waals surface area contributed by atoms with Crippen molar-refractivity contribution >= 4 is 5.97 Å². The second-order valence-electron chi connectivity index (χ2n) is 4.44. The van der Waals surface area contributed by atoms with E-state index in [0.717, 1.165) is 19.4 Å². The van der Waals surface area contributed by atoms with Crippen molar-refractivity contribution in [1.82, 2.24) is 20.3 Å². The molecule has 2 unspecified atom stereocenters. The average Bonchev–Trinajstić information content (AvgIpc) is 3.01. The quantitative estimate of drug-likeness (QED) is 0.593. The summed E-state index contributed by atoms with van der Waals surface area (Å²) in [5.74, 6) is -1.01. The Kier molecular flexibility index (Phi) is 4.83. The van der Waals surface area contributed by atoms with Gasteiger partial charge in [-0.15, -0.1) is 5.10 Å². The second kappa shape index (κ2) is 6.60. The number of hydrogen-bond donors (Lipinski definition) is 3. The number of ether oxygens (including phenoxy) is 1. The van der Waals surface area contributed by atoms with Crippen LogP contribution in [-0.2, 0) is 16.1 Å². The van der Waals surface area contributed by atoms with Crippen LogP contribution in [-0.4, -0.2) is 57.0 Å². The first kappa shape index (κ1) is 13.9. The minimum Gasteiger partial charge on any atom is -0.480 e. The highest BCUT2D eigenvalue weighted by molar-refractivity contribution is 5.74. The molecular formula is C11H18N4O4. The minimum absolute atomic E-state index is 0.0642. The van der Waals surface area contributed by atoms with Crippen molar-refractivity contribution in [1.29, 1.82) is 0 Å². The first-order valence-corrected chi connectivity index (χ1v) is 6.29. The second-order valence-corrected chi connectivity index (χ2v) is 4.44. The Morgan fingerprint density at radius 1 is 1.68 bits per heavy atom. The van der Waals surface area contributed by atoms with Crippen molar-refractivity contribution in [2.75, 3.05) is 19.8 Å². The van der Waals surface area contributed by atoms with Gasteiger partial charge in [-0.2, -0.15) is 0 Å². The zero-order valence-corrected chi connectivity index (χ0v) is 10.5. The van der Waals surface area contributed by atoms with E-state index in [2.05, 4.69) is 15.6 Å². The van der Waals surface area contributed by atoms with E-state index in [9.17, 15) is 9.90 Å². The van der Waals surface area contributed by atoms with E-state index in [4.69, 9.17) is 9.84 Å². The lowest BCUT2D eigenvalue weighted by Gasteiger charge is -2.15. The number of hydrogen-bond acceptors (Lipinski definition) is 6. The summed E-state index contributed by atoms with van der Waals surface area (Å²) in [7, 11) is 0. The maximum Gasteiger partial charge on any atom is 0.327 e. The Hall–Kier alpha value is -1.51. The standard InChI is InChI=1S/C11H18N4O4/c16-4-3-15-7-9(13-14-15)10(11(17)18)12-6-8-2-1-5-19-8/h7-8,10,12,16H,1-6H2,(H,17,18). The molecule has 0 amide bonds. The summed E-state index contributed by atoms with van der Waals surface area (Å²) in [6, 6.07) is -0.906. The summed E-state index contributed by atoms with van der Waals surface area (Å²) in [4.78, 5) is 11.2. The number of aliphatic hydroxyl groups excluding tert-OH is 1. The maximum atomic E-state index is 11.2. The summed E-state index contributed by atoms with van der Waals surface area (Å²) in [6.45, 7) is 1.44. The van der Waals surface area contributed by atoms with E-state index in [1.165, 1.54) is 10.9 Å². The minimum atomic E-state index is -1.01. The smallest absolute Gasteiger partial charge is 0.327 e. The highest BCUT2D eigenvalue weighted by Gasteiger charge is 2.25. The van der Waals surface area contributed by atoms with E-state index in [1.807, 2.05) is 0 Å². The fourth-order valence-corrected chi connectivity index (χ4v) is 2.03. The van der Waals surface area contributed by atoms with Crippen molar-refractivity contribution in [2.24, 2.45) is 0 Å².